The third-order valence-corrected chi connectivity index (χ3v) is 8.24. The number of benzene rings is 3. The number of hydrogen-bond donors (Lipinski definition) is 0. The molecular weight excluding hydrogens is 363 g/mol. The van der Waals surface area contributed by atoms with Gasteiger partial charge in [-0.3, -0.25) is 4.79 Å². The summed E-state index contributed by atoms with van der Waals surface area (Å²) < 4.78 is 14.4. The molecule has 0 bridgehead atoms. The third-order valence-electron chi connectivity index (χ3n) is 5.37. The Morgan fingerprint density at radius 1 is 0.679 bits per heavy atom. The smallest absolute Gasteiger partial charge is 0.230 e. The van der Waals surface area contributed by atoms with E-state index in [0.717, 1.165) is 24.8 Å². The number of carbonyl (C=O) groups excluding carboxylic acids is 1. The normalized spacial score (nSPS) is 11.4. The van der Waals surface area contributed by atoms with Gasteiger partial charge in [-0.15, -0.1) is 0 Å². The molecule has 144 valence electrons. The summed E-state index contributed by atoms with van der Waals surface area (Å²) in [5, 5.41) is 1.18. The standard InChI is InChI=1S/C25H27O2P/c1-4-19-17-18-24(23(6-3)22(19)5-2)25(26)28(27,20-13-9-7-10-14-20)21-15-11-8-12-16-21/h7-18H,4-6H2,1-3H3. The second-order valence-corrected chi connectivity index (χ2v) is 9.53. The van der Waals surface area contributed by atoms with Gasteiger partial charge < -0.3 is 4.57 Å². The summed E-state index contributed by atoms with van der Waals surface area (Å²) in [5.74, 6) is 0. The molecule has 28 heavy (non-hydrogen) atoms. The molecule has 0 aromatic heterocycles. The van der Waals surface area contributed by atoms with Crippen molar-refractivity contribution in [2.75, 3.05) is 0 Å². The van der Waals surface area contributed by atoms with Crippen LogP contribution in [-0.4, -0.2) is 5.52 Å². The van der Waals surface area contributed by atoms with Crippen molar-refractivity contribution >= 4 is 23.3 Å². The molecule has 0 saturated heterocycles. The van der Waals surface area contributed by atoms with Crippen molar-refractivity contribution in [2.45, 2.75) is 40.0 Å². The largest absolute Gasteiger partial charge is 0.305 e. The Bertz CT molecular complexity index is 964. The molecule has 3 aromatic carbocycles. The highest BCUT2D eigenvalue weighted by Gasteiger charge is 2.37. The van der Waals surface area contributed by atoms with Crippen LogP contribution < -0.4 is 10.6 Å². The molecule has 3 heteroatoms. The average molecular weight is 390 g/mol. The van der Waals surface area contributed by atoms with E-state index < -0.39 is 7.14 Å². The molecule has 0 heterocycles. The number of aryl methyl sites for hydroxylation is 1. The summed E-state index contributed by atoms with van der Waals surface area (Å²) in [4.78, 5) is 13.9. The summed E-state index contributed by atoms with van der Waals surface area (Å²) in [6.07, 6.45) is 2.55. The Morgan fingerprint density at radius 3 is 1.61 bits per heavy atom. The van der Waals surface area contributed by atoms with Gasteiger partial charge in [0.15, 0.2) is 0 Å². The minimum Gasteiger partial charge on any atom is -0.305 e. The molecule has 2 nitrogen and oxygen atoms in total. The number of hydrogen-bond acceptors (Lipinski definition) is 2. The van der Waals surface area contributed by atoms with Gasteiger partial charge in [0.25, 0.3) is 0 Å². The molecule has 0 amide bonds. The van der Waals surface area contributed by atoms with Crippen LogP contribution in [0.5, 0.6) is 0 Å². The average Bonchev–Trinajstić information content (AvgIpc) is 2.77. The van der Waals surface area contributed by atoms with Crippen molar-refractivity contribution in [3.8, 4) is 0 Å². The molecule has 0 spiro atoms. The topological polar surface area (TPSA) is 34.1 Å². The van der Waals surface area contributed by atoms with E-state index in [1.165, 1.54) is 11.1 Å². The fourth-order valence-electron chi connectivity index (χ4n) is 3.95. The van der Waals surface area contributed by atoms with Crippen molar-refractivity contribution in [3.63, 3.8) is 0 Å². The highest BCUT2D eigenvalue weighted by molar-refractivity contribution is 7.93. The highest BCUT2D eigenvalue weighted by atomic mass is 31.2. The van der Waals surface area contributed by atoms with Crippen molar-refractivity contribution in [3.05, 3.63) is 95.1 Å². The highest BCUT2D eigenvalue weighted by Crippen LogP contribution is 2.47. The van der Waals surface area contributed by atoms with Crippen molar-refractivity contribution in [1.29, 1.82) is 0 Å². The van der Waals surface area contributed by atoms with Crippen molar-refractivity contribution in [2.24, 2.45) is 0 Å². The van der Waals surface area contributed by atoms with Gasteiger partial charge in [0, 0.05) is 16.2 Å². The maximum atomic E-state index is 14.4. The van der Waals surface area contributed by atoms with E-state index in [4.69, 9.17) is 0 Å². The number of rotatable bonds is 7. The van der Waals surface area contributed by atoms with E-state index >= 15 is 0 Å². The lowest BCUT2D eigenvalue weighted by Gasteiger charge is -2.22. The zero-order valence-electron chi connectivity index (χ0n) is 16.8. The molecule has 0 aliphatic rings. The van der Waals surface area contributed by atoms with Gasteiger partial charge in [0.05, 0.1) is 0 Å². The maximum absolute atomic E-state index is 14.4. The predicted octanol–water partition coefficient (Wildman–Crippen LogP) is 5.53. The first kappa shape index (κ1) is 20.3. The quantitative estimate of drug-likeness (QED) is 0.497. The molecule has 0 fully saturated rings. The lowest BCUT2D eigenvalue weighted by Crippen LogP contribution is -2.23. The van der Waals surface area contributed by atoms with Gasteiger partial charge >= 0.3 is 0 Å². The van der Waals surface area contributed by atoms with Crippen molar-refractivity contribution < 1.29 is 9.36 Å². The SMILES string of the molecule is CCc1ccc(C(=O)P(=O)(c2ccccc2)c2ccccc2)c(CC)c1CC. The van der Waals surface area contributed by atoms with E-state index in [0.29, 0.717) is 16.2 Å². The Hall–Kier alpha value is -2.44. The van der Waals surface area contributed by atoms with E-state index in [1.54, 1.807) is 24.3 Å². The first-order valence-electron chi connectivity index (χ1n) is 9.97. The van der Waals surface area contributed by atoms with Crippen LogP contribution in [-0.2, 0) is 23.8 Å². The summed E-state index contributed by atoms with van der Waals surface area (Å²) in [7, 11) is -3.47. The lowest BCUT2D eigenvalue weighted by atomic mass is 9.92. The zero-order chi connectivity index (χ0) is 20.1. The molecule has 0 radical (unpaired) electrons. The van der Waals surface area contributed by atoms with Crippen LogP contribution in [0.25, 0.3) is 0 Å². The molecule has 0 unspecified atom stereocenters. The Kier molecular flexibility index (Phi) is 6.31. The van der Waals surface area contributed by atoms with Gasteiger partial charge in [-0.1, -0.05) is 93.6 Å². The third kappa shape index (κ3) is 3.50. The van der Waals surface area contributed by atoms with Crippen LogP contribution in [0.2, 0.25) is 0 Å². The monoisotopic (exact) mass is 390 g/mol. The fraction of sp³-hybridized carbons (Fsp3) is 0.240. The Morgan fingerprint density at radius 2 is 1.18 bits per heavy atom. The zero-order valence-corrected chi connectivity index (χ0v) is 17.7. The molecule has 3 aromatic rings. The van der Waals surface area contributed by atoms with Gasteiger partial charge in [-0.05, 0) is 36.0 Å². The minimum absolute atomic E-state index is 0.265. The van der Waals surface area contributed by atoms with Crippen LogP contribution in [0.4, 0.5) is 0 Å². The first-order chi connectivity index (χ1) is 13.6. The molecule has 0 atom stereocenters. The van der Waals surface area contributed by atoms with Crippen LogP contribution >= 0.6 is 7.14 Å². The van der Waals surface area contributed by atoms with Crippen LogP contribution in [0.3, 0.4) is 0 Å². The minimum atomic E-state index is -3.47. The van der Waals surface area contributed by atoms with E-state index in [9.17, 15) is 9.36 Å². The summed E-state index contributed by atoms with van der Waals surface area (Å²) >= 11 is 0. The lowest BCUT2D eigenvalue weighted by molar-refractivity contribution is 0.107. The second-order valence-electron chi connectivity index (χ2n) is 6.88. The van der Waals surface area contributed by atoms with E-state index in [2.05, 4.69) is 20.8 Å². The summed E-state index contributed by atoms with van der Waals surface area (Å²) in [6, 6.07) is 22.3. The molecule has 0 saturated carbocycles. The summed E-state index contributed by atoms with van der Waals surface area (Å²) in [5.41, 5.74) is 3.87. The molecular formula is C25H27O2P. The molecule has 0 aliphatic heterocycles. The second kappa shape index (κ2) is 8.71. The van der Waals surface area contributed by atoms with E-state index in [-0.39, 0.29) is 5.52 Å². The first-order valence-corrected chi connectivity index (χ1v) is 11.7. The molecule has 3 rings (SSSR count). The van der Waals surface area contributed by atoms with Gasteiger partial charge in [-0.25, -0.2) is 0 Å². The predicted molar refractivity (Wildman–Crippen MR) is 119 cm³/mol. The van der Waals surface area contributed by atoms with Crippen LogP contribution in [0, 0.1) is 0 Å². The molecule has 0 N–H and O–H groups in total. The van der Waals surface area contributed by atoms with Crippen molar-refractivity contribution in [1.82, 2.24) is 0 Å². The van der Waals surface area contributed by atoms with Gasteiger partial charge in [-0.2, -0.15) is 0 Å². The van der Waals surface area contributed by atoms with Gasteiger partial charge in [0.1, 0.15) is 0 Å². The maximum Gasteiger partial charge on any atom is 0.230 e. The Balaban J connectivity index is 2.26. The van der Waals surface area contributed by atoms with Crippen LogP contribution in [0.1, 0.15) is 47.8 Å². The summed E-state index contributed by atoms with van der Waals surface area (Å²) in [6.45, 7) is 6.32. The Labute approximate surface area is 168 Å². The van der Waals surface area contributed by atoms with Gasteiger partial charge in [0.2, 0.25) is 12.7 Å². The van der Waals surface area contributed by atoms with Crippen LogP contribution in [0.15, 0.2) is 72.8 Å². The van der Waals surface area contributed by atoms with E-state index in [1.807, 2.05) is 48.5 Å². The molecule has 0 aliphatic carbocycles. The number of carbonyl (C=O) groups is 1. The fourth-order valence-corrected chi connectivity index (χ4v) is 6.45.